The first-order valence-corrected chi connectivity index (χ1v) is 15.6. The summed E-state index contributed by atoms with van der Waals surface area (Å²) in [5, 5.41) is 3.19. The van der Waals surface area contributed by atoms with E-state index < -0.39 is 34.4 Å². The van der Waals surface area contributed by atoms with Gasteiger partial charge in [0.15, 0.2) is 0 Å². The molecule has 4 aromatic rings. The third-order valence-corrected chi connectivity index (χ3v) is 9.27. The Morgan fingerprint density at radius 1 is 0.860 bits per heavy atom. The first-order valence-electron chi connectivity index (χ1n) is 13.4. The van der Waals surface area contributed by atoms with E-state index in [0.29, 0.717) is 27.1 Å². The zero-order chi connectivity index (χ0) is 31.1. The van der Waals surface area contributed by atoms with E-state index in [1.54, 1.807) is 73.7 Å². The number of benzene rings is 4. The summed E-state index contributed by atoms with van der Waals surface area (Å²) in [6, 6.07) is 25.9. The van der Waals surface area contributed by atoms with Crippen molar-refractivity contribution in [1.82, 2.24) is 10.2 Å². The lowest BCUT2D eigenvalue weighted by Crippen LogP contribution is -2.50. The fourth-order valence-corrected chi connectivity index (χ4v) is 6.03. The summed E-state index contributed by atoms with van der Waals surface area (Å²) in [6.45, 7) is 2.84. The molecule has 0 aromatic heterocycles. The second kappa shape index (κ2) is 13.9. The van der Waals surface area contributed by atoms with E-state index in [2.05, 4.69) is 5.32 Å². The molecule has 0 fully saturated rings. The lowest BCUT2D eigenvalue weighted by atomic mass is 10.1. The van der Waals surface area contributed by atoms with Crippen LogP contribution in [0.15, 0.2) is 102 Å². The van der Waals surface area contributed by atoms with Crippen LogP contribution in [0.5, 0.6) is 11.5 Å². The van der Waals surface area contributed by atoms with Crippen LogP contribution in [0.3, 0.4) is 0 Å². The molecule has 0 aliphatic rings. The Kier molecular flexibility index (Phi) is 10.3. The number of carbonyl (C=O) groups is 2. The Morgan fingerprint density at radius 2 is 1.49 bits per heavy atom. The van der Waals surface area contributed by atoms with Crippen molar-refractivity contribution < 1.29 is 22.7 Å². The van der Waals surface area contributed by atoms with Crippen LogP contribution >= 0.6 is 23.2 Å². The molecule has 0 aliphatic heterocycles. The maximum absolute atomic E-state index is 14.0. The van der Waals surface area contributed by atoms with Crippen molar-refractivity contribution in [2.45, 2.75) is 31.3 Å². The standard InChI is InChI=1S/C32H31Cl2N3O5S/c1-22-9-16-28(17-10-22)43(40,41)37(25-12-14-27(15-13-25)42-26-7-5-4-6-8-26)21-31(38)36(23(2)32(39)35-3)20-24-11-18-29(33)30(34)19-24/h4-19,23H,20-21H2,1-3H3,(H,35,39). The number of aryl methyl sites for hydroxylation is 1. The number of likely N-dealkylation sites (N-methyl/N-ethyl adjacent to an activating group) is 1. The van der Waals surface area contributed by atoms with Crippen molar-refractivity contribution in [1.29, 1.82) is 0 Å². The molecule has 2 amide bonds. The number of nitrogens with one attached hydrogen (secondary N) is 1. The third-order valence-electron chi connectivity index (χ3n) is 6.74. The topological polar surface area (TPSA) is 96.0 Å². The van der Waals surface area contributed by atoms with Crippen molar-refractivity contribution in [3.8, 4) is 11.5 Å². The number of carbonyl (C=O) groups excluding carboxylic acids is 2. The van der Waals surface area contributed by atoms with Crippen molar-refractivity contribution in [2.24, 2.45) is 0 Å². The van der Waals surface area contributed by atoms with Gasteiger partial charge in [-0.3, -0.25) is 13.9 Å². The lowest BCUT2D eigenvalue weighted by Gasteiger charge is -2.32. The molecule has 0 saturated carbocycles. The van der Waals surface area contributed by atoms with Gasteiger partial charge in [0, 0.05) is 13.6 Å². The molecule has 1 unspecified atom stereocenters. The monoisotopic (exact) mass is 639 g/mol. The average Bonchev–Trinajstić information content (AvgIpc) is 3.00. The molecule has 1 N–H and O–H groups in total. The van der Waals surface area contributed by atoms with Gasteiger partial charge in [-0.1, -0.05) is 65.2 Å². The number of para-hydroxylation sites is 1. The van der Waals surface area contributed by atoms with Crippen LogP contribution in [-0.4, -0.2) is 44.8 Å². The maximum atomic E-state index is 14.0. The number of hydrogen-bond acceptors (Lipinski definition) is 5. The minimum Gasteiger partial charge on any atom is -0.457 e. The zero-order valence-corrected chi connectivity index (χ0v) is 26.2. The molecule has 0 radical (unpaired) electrons. The van der Waals surface area contributed by atoms with Gasteiger partial charge < -0.3 is 15.0 Å². The number of ether oxygens (including phenoxy) is 1. The quantitative estimate of drug-likeness (QED) is 0.203. The zero-order valence-electron chi connectivity index (χ0n) is 23.8. The van der Waals surface area contributed by atoms with Crippen molar-refractivity contribution in [2.75, 3.05) is 17.9 Å². The van der Waals surface area contributed by atoms with E-state index in [1.807, 2.05) is 25.1 Å². The molecule has 8 nitrogen and oxygen atoms in total. The van der Waals surface area contributed by atoms with Gasteiger partial charge in [0.25, 0.3) is 10.0 Å². The van der Waals surface area contributed by atoms with E-state index in [1.165, 1.54) is 24.1 Å². The Labute approximate surface area is 261 Å². The normalized spacial score (nSPS) is 11.8. The highest BCUT2D eigenvalue weighted by atomic mass is 35.5. The van der Waals surface area contributed by atoms with Gasteiger partial charge >= 0.3 is 0 Å². The van der Waals surface area contributed by atoms with Crippen LogP contribution in [0.25, 0.3) is 0 Å². The molecule has 0 spiro atoms. The Bertz CT molecular complexity index is 1680. The number of nitrogens with zero attached hydrogens (tertiary/aromatic N) is 2. The first kappa shape index (κ1) is 31.9. The van der Waals surface area contributed by atoms with E-state index >= 15 is 0 Å². The maximum Gasteiger partial charge on any atom is 0.264 e. The SMILES string of the molecule is CNC(=O)C(C)N(Cc1ccc(Cl)c(Cl)c1)C(=O)CN(c1ccc(Oc2ccccc2)cc1)S(=O)(=O)c1ccc(C)cc1. The second-order valence-electron chi connectivity index (χ2n) is 9.79. The van der Waals surface area contributed by atoms with Gasteiger partial charge in [-0.05, 0) is 80.1 Å². The predicted octanol–water partition coefficient (Wildman–Crippen LogP) is 6.45. The van der Waals surface area contributed by atoms with Gasteiger partial charge in [0.1, 0.15) is 24.1 Å². The highest BCUT2D eigenvalue weighted by Gasteiger charge is 2.32. The van der Waals surface area contributed by atoms with Crippen LogP contribution < -0.4 is 14.4 Å². The minimum absolute atomic E-state index is 0.00736. The molecular weight excluding hydrogens is 609 g/mol. The number of rotatable bonds is 11. The summed E-state index contributed by atoms with van der Waals surface area (Å²) in [5.74, 6) is 0.102. The molecule has 1 atom stereocenters. The fourth-order valence-electron chi connectivity index (χ4n) is 4.30. The van der Waals surface area contributed by atoms with E-state index in [9.17, 15) is 18.0 Å². The highest BCUT2D eigenvalue weighted by Crippen LogP contribution is 2.29. The molecule has 0 bridgehead atoms. The summed E-state index contributed by atoms with van der Waals surface area (Å²) in [6.07, 6.45) is 0. The van der Waals surface area contributed by atoms with Gasteiger partial charge in [-0.25, -0.2) is 8.42 Å². The predicted molar refractivity (Wildman–Crippen MR) is 169 cm³/mol. The molecule has 224 valence electrons. The van der Waals surface area contributed by atoms with Crippen molar-refractivity contribution >= 4 is 50.7 Å². The molecule has 4 rings (SSSR count). The number of halogens is 2. The number of anilines is 1. The minimum atomic E-state index is -4.20. The third kappa shape index (κ3) is 7.87. The summed E-state index contributed by atoms with van der Waals surface area (Å²) in [4.78, 5) is 27.9. The van der Waals surface area contributed by atoms with Crippen molar-refractivity contribution in [3.05, 3.63) is 118 Å². The van der Waals surface area contributed by atoms with Gasteiger partial charge in [-0.15, -0.1) is 0 Å². The Morgan fingerprint density at radius 3 is 2.09 bits per heavy atom. The van der Waals surface area contributed by atoms with E-state index in [-0.39, 0.29) is 17.1 Å². The van der Waals surface area contributed by atoms with Crippen LogP contribution in [0.1, 0.15) is 18.1 Å². The van der Waals surface area contributed by atoms with Gasteiger partial charge in [0.2, 0.25) is 11.8 Å². The van der Waals surface area contributed by atoms with Crippen LogP contribution in [0.4, 0.5) is 5.69 Å². The molecule has 0 aliphatic carbocycles. The number of sulfonamides is 1. The van der Waals surface area contributed by atoms with Crippen LogP contribution in [0.2, 0.25) is 10.0 Å². The molecule has 11 heteroatoms. The number of amides is 2. The summed E-state index contributed by atoms with van der Waals surface area (Å²) in [5.41, 5.74) is 1.75. The first-order chi connectivity index (χ1) is 20.5. The van der Waals surface area contributed by atoms with Gasteiger partial charge in [-0.2, -0.15) is 0 Å². The largest absolute Gasteiger partial charge is 0.457 e. The molecule has 4 aromatic carbocycles. The smallest absolute Gasteiger partial charge is 0.264 e. The highest BCUT2D eigenvalue weighted by molar-refractivity contribution is 7.92. The number of hydrogen-bond donors (Lipinski definition) is 1. The summed E-state index contributed by atoms with van der Waals surface area (Å²) < 4.78 is 34.9. The lowest BCUT2D eigenvalue weighted by molar-refractivity contribution is -0.139. The van der Waals surface area contributed by atoms with Crippen molar-refractivity contribution in [3.63, 3.8) is 0 Å². The van der Waals surface area contributed by atoms with E-state index in [4.69, 9.17) is 27.9 Å². The summed E-state index contributed by atoms with van der Waals surface area (Å²) in [7, 11) is -2.74. The van der Waals surface area contributed by atoms with Gasteiger partial charge in [0.05, 0.1) is 20.6 Å². The van der Waals surface area contributed by atoms with Crippen LogP contribution in [-0.2, 0) is 26.2 Å². The Hall–Kier alpha value is -4.05. The molecular formula is C32H31Cl2N3O5S. The Balaban J connectivity index is 1.71. The van der Waals surface area contributed by atoms with Crippen LogP contribution in [0, 0.1) is 6.92 Å². The molecule has 0 heterocycles. The average molecular weight is 641 g/mol. The molecule has 0 saturated heterocycles. The van der Waals surface area contributed by atoms with E-state index in [0.717, 1.165) is 9.87 Å². The molecule has 43 heavy (non-hydrogen) atoms. The second-order valence-corrected chi connectivity index (χ2v) is 12.5. The fraction of sp³-hybridized carbons (Fsp3) is 0.188. The summed E-state index contributed by atoms with van der Waals surface area (Å²) >= 11 is 12.3.